The second-order valence-electron chi connectivity index (χ2n) is 4.19. The van der Waals surface area contributed by atoms with Gasteiger partial charge >= 0.3 is 0 Å². The number of hydrogen-bond donors (Lipinski definition) is 2. The molecule has 0 aliphatic rings. The van der Waals surface area contributed by atoms with Gasteiger partial charge in [-0.3, -0.25) is 4.98 Å². The van der Waals surface area contributed by atoms with Crippen molar-refractivity contribution in [3.8, 4) is 5.75 Å². The maximum Gasteiger partial charge on any atom is 0.143 e. The Labute approximate surface area is 115 Å². The first-order valence-electron chi connectivity index (χ1n) is 6.03. The van der Waals surface area contributed by atoms with Gasteiger partial charge in [-0.05, 0) is 18.2 Å². The Bertz CT molecular complexity index is 754. The highest BCUT2D eigenvalue weighted by molar-refractivity contribution is 5.91. The van der Waals surface area contributed by atoms with Gasteiger partial charge in [-0.2, -0.15) is 0 Å². The predicted molar refractivity (Wildman–Crippen MR) is 78.0 cm³/mol. The van der Waals surface area contributed by atoms with Crippen molar-refractivity contribution in [1.29, 1.82) is 0 Å². The van der Waals surface area contributed by atoms with E-state index in [1.807, 2.05) is 18.2 Å². The van der Waals surface area contributed by atoms with Crippen molar-refractivity contribution in [1.82, 2.24) is 15.0 Å². The van der Waals surface area contributed by atoms with Gasteiger partial charge in [0.25, 0.3) is 0 Å². The Morgan fingerprint density at radius 1 is 1.20 bits per heavy atom. The third-order valence-corrected chi connectivity index (χ3v) is 2.95. The minimum atomic E-state index is 0.583. The van der Waals surface area contributed by atoms with Crippen LogP contribution in [0.4, 0.5) is 17.2 Å². The molecule has 0 aliphatic heterocycles. The van der Waals surface area contributed by atoms with E-state index in [2.05, 4.69) is 20.3 Å². The monoisotopic (exact) mass is 267 g/mol. The molecule has 0 unspecified atom stereocenters. The molecule has 0 amide bonds. The molecule has 3 N–H and O–H groups in total. The number of benzene rings is 1. The van der Waals surface area contributed by atoms with Gasteiger partial charge < -0.3 is 15.8 Å². The predicted octanol–water partition coefficient (Wildman–Crippen LogP) is 2.36. The van der Waals surface area contributed by atoms with Crippen LogP contribution in [0.1, 0.15) is 0 Å². The van der Waals surface area contributed by atoms with Gasteiger partial charge in [-0.25, -0.2) is 9.97 Å². The molecule has 0 aliphatic carbocycles. The van der Waals surface area contributed by atoms with E-state index in [1.165, 1.54) is 6.33 Å². The maximum atomic E-state index is 5.99. The highest BCUT2D eigenvalue weighted by Gasteiger charge is 2.06. The molecule has 0 saturated heterocycles. The number of hydrogen-bond acceptors (Lipinski definition) is 6. The van der Waals surface area contributed by atoms with E-state index in [1.54, 1.807) is 25.6 Å². The zero-order valence-electron chi connectivity index (χ0n) is 10.9. The van der Waals surface area contributed by atoms with Crippen LogP contribution < -0.4 is 15.8 Å². The Balaban J connectivity index is 2.01. The van der Waals surface area contributed by atoms with Crippen LogP contribution in [-0.4, -0.2) is 22.1 Å². The van der Waals surface area contributed by atoms with Crippen molar-refractivity contribution < 1.29 is 4.74 Å². The number of pyridine rings is 1. The molecule has 0 saturated carbocycles. The zero-order valence-corrected chi connectivity index (χ0v) is 10.9. The minimum Gasteiger partial charge on any atom is -0.497 e. The van der Waals surface area contributed by atoms with E-state index in [0.29, 0.717) is 17.3 Å². The van der Waals surface area contributed by atoms with E-state index in [9.17, 15) is 0 Å². The lowest BCUT2D eigenvalue weighted by Crippen LogP contribution is -2.00. The standard InChI is InChI=1S/C14H13N5O/c1-20-9-2-3-13(11(15)6-9)19-14-10-7-16-5-4-12(10)17-8-18-14/h2-8H,15H2,1H3,(H,17,18,19). The highest BCUT2D eigenvalue weighted by atomic mass is 16.5. The first-order valence-corrected chi connectivity index (χ1v) is 6.03. The minimum absolute atomic E-state index is 0.583. The number of nitrogens with two attached hydrogens (primary N) is 1. The number of aromatic nitrogens is 3. The van der Waals surface area contributed by atoms with Crippen LogP contribution in [0.3, 0.4) is 0 Å². The zero-order chi connectivity index (χ0) is 13.9. The number of nitrogens with one attached hydrogen (secondary N) is 1. The average molecular weight is 267 g/mol. The van der Waals surface area contributed by atoms with Crippen molar-refractivity contribution in [3.05, 3.63) is 43.0 Å². The van der Waals surface area contributed by atoms with Crippen LogP contribution in [0.15, 0.2) is 43.0 Å². The second-order valence-corrected chi connectivity index (χ2v) is 4.19. The van der Waals surface area contributed by atoms with Crippen LogP contribution in [0.2, 0.25) is 0 Å². The van der Waals surface area contributed by atoms with Crippen LogP contribution >= 0.6 is 0 Å². The molecule has 1 aromatic carbocycles. The van der Waals surface area contributed by atoms with Gasteiger partial charge in [-0.15, -0.1) is 0 Å². The molecule has 3 aromatic rings. The smallest absolute Gasteiger partial charge is 0.143 e. The van der Waals surface area contributed by atoms with Crippen molar-refractivity contribution in [2.24, 2.45) is 0 Å². The SMILES string of the molecule is COc1ccc(Nc2ncnc3ccncc23)c(N)c1. The van der Waals surface area contributed by atoms with Crippen LogP contribution in [0, 0.1) is 0 Å². The number of rotatable bonds is 3. The third kappa shape index (κ3) is 2.18. The lowest BCUT2D eigenvalue weighted by molar-refractivity contribution is 0.415. The number of nitrogens with zero attached hydrogens (tertiary/aromatic N) is 3. The fourth-order valence-electron chi connectivity index (χ4n) is 1.91. The summed E-state index contributed by atoms with van der Waals surface area (Å²) >= 11 is 0. The van der Waals surface area contributed by atoms with Gasteiger partial charge in [0.2, 0.25) is 0 Å². The Kier molecular flexibility index (Phi) is 3.04. The van der Waals surface area contributed by atoms with Gasteiger partial charge in [-0.1, -0.05) is 0 Å². The van der Waals surface area contributed by atoms with Gasteiger partial charge in [0.15, 0.2) is 0 Å². The van der Waals surface area contributed by atoms with Crippen LogP contribution in [0.25, 0.3) is 10.9 Å². The Hall–Kier alpha value is -2.89. The van der Waals surface area contributed by atoms with E-state index in [0.717, 1.165) is 16.6 Å². The first-order chi connectivity index (χ1) is 9.78. The topological polar surface area (TPSA) is 86.0 Å². The van der Waals surface area contributed by atoms with Crippen molar-refractivity contribution in [2.75, 3.05) is 18.2 Å². The van der Waals surface area contributed by atoms with Crippen LogP contribution in [-0.2, 0) is 0 Å². The Morgan fingerprint density at radius 2 is 2.10 bits per heavy atom. The molecular formula is C14H13N5O. The molecular weight excluding hydrogens is 254 g/mol. The highest BCUT2D eigenvalue weighted by Crippen LogP contribution is 2.28. The molecule has 2 heterocycles. The molecule has 6 nitrogen and oxygen atoms in total. The third-order valence-electron chi connectivity index (χ3n) is 2.95. The van der Waals surface area contributed by atoms with Crippen molar-refractivity contribution >= 4 is 28.1 Å². The number of anilines is 3. The normalized spacial score (nSPS) is 10.4. The average Bonchev–Trinajstić information content (AvgIpc) is 2.49. The van der Waals surface area contributed by atoms with Crippen molar-refractivity contribution in [2.45, 2.75) is 0 Å². The van der Waals surface area contributed by atoms with Gasteiger partial charge in [0.05, 0.1) is 29.4 Å². The van der Waals surface area contributed by atoms with Crippen LogP contribution in [0.5, 0.6) is 5.75 Å². The molecule has 0 spiro atoms. The molecule has 0 fully saturated rings. The number of ether oxygens (including phenoxy) is 1. The van der Waals surface area contributed by atoms with E-state index in [-0.39, 0.29) is 0 Å². The molecule has 0 bridgehead atoms. The molecule has 3 rings (SSSR count). The summed E-state index contributed by atoms with van der Waals surface area (Å²) in [6, 6.07) is 7.27. The summed E-state index contributed by atoms with van der Waals surface area (Å²) in [5, 5.41) is 4.03. The maximum absolute atomic E-state index is 5.99. The van der Waals surface area contributed by atoms with Gasteiger partial charge in [0.1, 0.15) is 17.9 Å². The molecule has 0 radical (unpaired) electrons. The number of methoxy groups -OCH3 is 1. The summed E-state index contributed by atoms with van der Waals surface area (Å²) in [6.07, 6.45) is 4.92. The summed E-state index contributed by atoms with van der Waals surface area (Å²) in [6.45, 7) is 0. The summed E-state index contributed by atoms with van der Waals surface area (Å²) in [4.78, 5) is 12.5. The number of fused-ring (bicyclic) bond motifs is 1. The lowest BCUT2D eigenvalue weighted by atomic mass is 10.2. The van der Waals surface area contributed by atoms with E-state index in [4.69, 9.17) is 10.5 Å². The quantitative estimate of drug-likeness (QED) is 0.708. The molecule has 0 atom stereocenters. The number of nitrogen functional groups attached to an aromatic ring is 1. The fourth-order valence-corrected chi connectivity index (χ4v) is 1.91. The second kappa shape index (κ2) is 5.00. The summed E-state index contributed by atoms with van der Waals surface area (Å²) < 4.78 is 5.13. The molecule has 6 heteroatoms. The fraction of sp³-hybridized carbons (Fsp3) is 0.0714. The van der Waals surface area contributed by atoms with E-state index < -0.39 is 0 Å². The summed E-state index contributed by atoms with van der Waals surface area (Å²) in [5.41, 5.74) is 8.15. The molecule has 100 valence electrons. The largest absolute Gasteiger partial charge is 0.497 e. The first kappa shape index (κ1) is 12.2. The molecule has 2 aromatic heterocycles. The summed E-state index contributed by atoms with van der Waals surface area (Å²) in [7, 11) is 1.60. The van der Waals surface area contributed by atoms with E-state index >= 15 is 0 Å². The summed E-state index contributed by atoms with van der Waals surface area (Å²) in [5.74, 6) is 1.38. The Morgan fingerprint density at radius 3 is 2.90 bits per heavy atom. The lowest BCUT2D eigenvalue weighted by Gasteiger charge is -2.11. The van der Waals surface area contributed by atoms with Gasteiger partial charge in [0, 0.05) is 18.5 Å². The molecule has 20 heavy (non-hydrogen) atoms. The van der Waals surface area contributed by atoms with Crippen molar-refractivity contribution in [3.63, 3.8) is 0 Å².